The molecular weight excluding hydrogens is 245 g/mol. The normalized spacial score (nSPS) is 16.8. The second-order valence-corrected chi connectivity index (χ2v) is 6.04. The minimum absolute atomic E-state index is 0.135. The number of rotatable bonds is 4. The van der Waals surface area contributed by atoms with E-state index in [1.807, 2.05) is 25.2 Å². The van der Waals surface area contributed by atoms with E-state index >= 15 is 0 Å². The number of likely N-dealkylation sites (N-methyl/N-ethyl adjacent to an activating group) is 1. The molecular formula is C15H16FNS. The second kappa shape index (κ2) is 4.48. The molecule has 0 radical (unpaired) electrons. The van der Waals surface area contributed by atoms with Crippen molar-refractivity contribution in [2.24, 2.45) is 0 Å². The highest BCUT2D eigenvalue weighted by Crippen LogP contribution is 2.51. The lowest BCUT2D eigenvalue weighted by atomic mass is 10.1. The molecule has 2 aromatic rings. The van der Waals surface area contributed by atoms with Crippen LogP contribution in [0, 0.1) is 5.82 Å². The Morgan fingerprint density at radius 3 is 2.67 bits per heavy atom. The molecule has 0 spiro atoms. The van der Waals surface area contributed by atoms with Crippen LogP contribution in [-0.4, -0.2) is 13.6 Å². The van der Waals surface area contributed by atoms with Crippen molar-refractivity contribution in [2.45, 2.75) is 18.3 Å². The third-order valence-electron chi connectivity index (χ3n) is 3.64. The van der Waals surface area contributed by atoms with Gasteiger partial charge in [0.05, 0.1) is 0 Å². The van der Waals surface area contributed by atoms with Crippen molar-refractivity contribution in [1.82, 2.24) is 5.32 Å². The van der Waals surface area contributed by atoms with Gasteiger partial charge in [-0.2, -0.15) is 0 Å². The number of nitrogens with one attached hydrogen (secondary N) is 1. The molecule has 1 nitrogen and oxygen atoms in total. The number of benzene rings is 1. The first-order chi connectivity index (χ1) is 8.75. The predicted octanol–water partition coefficient (Wildman–Crippen LogP) is 3.81. The van der Waals surface area contributed by atoms with Gasteiger partial charge in [-0.1, -0.05) is 18.2 Å². The first-order valence-electron chi connectivity index (χ1n) is 6.25. The van der Waals surface area contributed by atoms with Crippen molar-refractivity contribution >= 4 is 11.3 Å². The molecule has 0 amide bonds. The summed E-state index contributed by atoms with van der Waals surface area (Å²) in [5.41, 5.74) is 1.04. The standard InChI is InChI=1S/C15H16FNS/c1-17-10-15(8-9-15)14-7-6-13(18-14)11-4-2-3-5-12(11)16/h2-7,17H,8-10H2,1H3. The third kappa shape index (κ3) is 1.98. The van der Waals surface area contributed by atoms with Gasteiger partial charge in [-0.05, 0) is 38.1 Å². The fraction of sp³-hybridized carbons (Fsp3) is 0.333. The van der Waals surface area contributed by atoms with Crippen LogP contribution >= 0.6 is 11.3 Å². The van der Waals surface area contributed by atoms with Gasteiger partial charge in [0, 0.05) is 27.3 Å². The molecule has 1 N–H and O–H groups in total. The molecule has 1 aromatic carbocycles. The van der Waals surface area contributed by atoms with E-state index in [1.165, 1.54) is 23.8 Å². The Kier molecular flexibility index (Phi) is 2.96. The van der Waals surface area contributed by atoms with E-state index in [9.17, 15) is 4.39 Å². The van der Waals surface area contributed by atoms with Crippen molar-refractivity contribution in [3.8, 4) is 10.4 Å². The van der Waals surface area contributed by atoms with Crippen LogP contribution in [0.15, 0.2) is 36.4 Å². The molecule has 1 fully saturated rings. The van der Waals surface area contributed by atoms with Crippen molar-refractivity contribution < 1.29 is 4.39 Å². The smallest absolute Gasteiger partial charge is 0.131 e. The van der Waals surface area contributed by atoms with Crippen LogP contribution in [0.3, 0.4) is 0 Å². The maximum Gasteiger partial charge on any atom is 0.131 e. The Hall–Kier alpha value is -1.19. The van der Waals surface area contributed by atoms with Gasteiger partial charge in [0.25, 0.3) is 0 Å². The van der Waals surface area contributed by atoms with Gasteiger partial charge in [-0.15, -0.1) is 11.3 Å². The zero-order valence-electron chi connectivity index (χ0n) is 10.4. The van der Waals surface area contributed by atoms with E-state index in [2.05, 4.69) is 11.4 Å². The maximum atomic E-state index is 13.7. The number of thiophene rings is 1. The van der Waals surface area contributed by atoms with E-state index < -0.39 is 0 Å². The largest absolute Gasteiger partial charge is 0.319 e. The van der Waals surface area contributed by atoms with Crippen LogP contribution in [-0.2, 0) is 5.41 Å². The Morgan fingerprint density at radius 1 is 1.22 bits per heavy atom. The van der Waals surface area contributed by atoms with E-state index in [4.69, 9.17) is 0 Å². The Balaban J connectivity index is 1.93. The summed E-state index contributed by atoms with van der Waals surface area (Å²) in [6, 6.07) is 11.2. The third-order valence-corrected chi connectivity index (χ3v) is 5.00. The first-order valence-corrected chi connectivity index (χ1v) is 7.07. The Labute approximate surface area is 111 Å². The van der Waals surface area contributed by atoms with E-state index in [1.54, 1.807) is 17.4 Å². The van der Waals surface area contributed by atoms with Crippen LogP contribution in [0.2, 0.25) is 0 Å². The molecule has 1 heterocycles. The van der Waals surface area contributed by atoms with E-state index in [0.29, 0.717) is 11.0 Å². The lowest BCUT2D eigenvalue weighted by molar-refractivity contribution is 0.631. The average Bonchev–Trinajstić information content (AvgIpc) is 2.99. The van der Waals surface area contributed by atoms with Gasteiger partial charge in [0.2, 0.25) is 0 Å². The highest BCUT2D eigenvalue weighted by atomic mass is 32.1. The predicted molar refractivity (Wildman–Crippen MR) is 74.6 cm³/mol. The van der Waals surface area contributed by atoms with Crippen LogP contribution in [0.1, 0.15) is 17.7 Å². The number of hydrogen-bond donors (Lipinski definition) is 1. The summed E-state index contributed by atoms with van der Waals surface area (Å²) in [6.07, 6.45) is 2.48. The summed E-state index contributed by atoms with van der Waals surface area (Å²) in [5.74, 6) is -0.135. The maximum absolute atomic E-state index is 13.7. The van der Waals surface area contributed by atoms with Crippen LogP contribution in [0.25, 0.3) is 10.4 Å². The average molecular weight is 261 g/mol. The summed E-state index contributed by atoms with van der Waals surface area (Å²) in [7, 11) is 1.99. The Morgan fingerprint density at radius 2 is 2.00 bits per heavy atom. The molecule has 0 atom stereocenters. The van der Waals surface area contributed by atoms with Crippen LogP contribution in [0.5, 0.6) is 0 Å². The van der Waals surface area contributed by atoms with Gasteiger partial charge in [0.1, 0.15) is 5.82 Å². The zero-order chi connectivity index (χ0) is 12.6. The molecule has 0 bridgehead atoms. The lowest BCUT2D eigenvalue weighted by Gasteiger charge is -2.11. The summed E-state index contributed by atoms with van der Waals surface area (Å²) >= 11 is 1.73. The molecule has 0 saturated heterocycles. The van der Waals surface area contributed by atoms with Gasteiger partial charge in [-0.3, -0.25) is 0 Å². The van der Waals surface area contributed by atoms with Gasteiger partial charge in [0.15, 0.2) is 0 Å². The topological polar surface area (TPSA) is 12.0 Å². The SMILES string of the molecule is CNCC1(c2ccc(-c3ccccc3F)s2)CC1. The van der Waals surface area contributed by atoms with Crippen molar-refractivity contribution in [1.29, 1.82) is 0 Å². The molecule has 3 heteroatoms. The van der Waals surface area contributed by atoms with Crippen LogP contribution in [0.4, 0.5) is 4.39 Å². The minimum atomic E-state index is -0.135. The fourth-order valence-corrected chi connectivity index (χ4v) is 3.71. The lowest BCUT2D eigenvalue weighted by Crippen LogP contribution is -2.22. The quantitative estimate of drug-likeness (QED) is 0.882. The summed E-state index contributed by atoms with van der Waals surface area (Å²) in [4.78, 5) is 2.42. The first kappa shape index (κ1) is 11.9. The molecule has 1 aromatic heterocycles. The molecule has 1 saturated carbocycles. The number of hydrogen-bond acceptors (Lipinski definition) is 2. The molecule has 0 aliphatic heterocycles. The summed E-state index contributed by atoms with van der Waals surface area (Å²) < 4.78 is 13.7. The van der Waals surface area contributed by atoms with Crippen molar-refractivity contribution in [2.75, 3.05) is 13.6 Å². The molecule has 1 aliphatic rings. The van der Waals surface area contributed by atoms with Crippen molar-refractivity contribution in [3.05, 3.63) is 47.1 Å². The van der Waals surface area contributed by atoms with Gasteiger partial charge in [-0.25, -0.2) is 4.39 Å². The fourth-order valence-electron chi connectivity index (χ4n) is 2.43. The van der Waals surface area contributed by atoms with Crippen molar-refractivity contribution in [3.63, 3.8) is 0 Å². The Bertz CT molecular complexity index is 557. The number of halogens is 1. The molecule has 0 unspecified atom stereocenters. The minimum Gasteiger partial charge on any atom is -0.319 e. The van der Waals surface area contributed by atoms with Gasteiger partial charge >= 0.3 is 0 Å². The highest BCUT2D eigenvalue weighted by Gasteiger charge is 2.44. The summed E-state index contributed by atoms with van der Waals surface area (Å²) in [6.45, 7) is 1.02. The molecule has 18 heavy (non-hydrogen) atoms. The monoisotopic (exact) mass is 261 g/mol. The van der Waals surface area contributed by atoms with E-state index in [-0.39, 0.29) is 5.82 Å². The molecule has 1 aliphatic carbocycles. The second-order valence-electron chi connectivity index (χ2n) is 4.95. The van der Waals surface area contributed by atoms with Crippen LogP contribution < -0.4 is 5.32 Å². The van der Waals surface area contributed by atoms with Gasteiger partial charge < -0.3 is 5.32 Å². The highest BCUT2D eigenvalue weighted by molar-refractivity contribution is 7.15. The van der Waals surface area contributed by atoms with E-state index in [0.717, 1.165) is 11.4 Å². The summed E-state index contributed by atoms with van der Waals surface area (Å²) in [5, 5.41) is 3.26. The molecule has 94 valence electrons. The zero-order valence-corrected chi connectivity index (χ0v) is 11.2. The molecule has 3 rings (SSSR count).